The Morgan fingerprint density at radius 3 is 2.78 bits per heavy atom. The fourth-order valence-electron chi connectivity index (χ4n) is 2.92. The van der Waals surface area contributed by atoms with E-state index in [-0.39, 0.29) is 11.5 Å². The highest BCUT2D eigenvalue weighted by Crippen LogP contribution is 2.43. The smallest absolute Gasteiger partial charge is 0.0705 e. The summed E-state index contributed by atoms with van der Waals surface area (Å²) in [5.41, 5.74) is 9.15. The van der Waals surface area contributed by atoms with E-state index in [0.717, 1.165) is 29.4 Å². The fraction of sp³-hybridized carbons (Fsp3) is 0.400. The lowest BCUT2D eigenvalue weighted by Gasteiger charge is -2.45. The van der Waals surface area contributed by atoms with Gasteiger partial charge in [0.2, 0.25) is 0 Å². The Hall–Kier alpha value is -1.45. The number of nitrogens with zero attached hydrogens (tertiary/aromatic N) is 1. The number of hydrogen-bond donors (Lipinski definition) is 2. The number of fused-ring (bicyclic) bond motifs is 1. The number of hydrogen-bond acceptors (Lipinski definition) is 3. The normalized spacial score (nSPS) is 27.2. The van der Waals surface area contributed by atoms with Crippen LogP contribution in [-0.2, 0) is 5.41 Å². The van der Waals surface area contributed by atoms with E-state index in [9.17, 15) is 5.11 Å². The van der Waals surface area contributed by atoms with Gasteiger partial charge in [0.05, 0.1) is 11.6 Å². The van der Waals surface area contributed by atoms with Crippen molar-refractivity contribution in [2.45, 2.75) is 31.3 Å². The van der Waals surface area contributed by atoms with Gasteiger partial charge in [-0.25, -0.2) is 0 Å². The summed E-state index contributed by atoms with van der Waals surface area (Å²) in [6.07, 6.45) is 1.35. The third kappa shape index (κ3) is 1.71. The molecule has 0 amide bonds. The lowest BCUT2D eigenvalue weighted by molar-refractivity contribution is 0.0222. The van der Waals surface area contributed by atoms with E-state index in [2.05, 4.69) is 29.2 Å². The van der Waals surface area contributed by atoms with Crippen LogP contribution in [0.3, 0.4) is 0 Å². The van der Waals surface area contributed by atoms with E-state index in [0.29, 0.717) is 6.54 Å². The van der Waals surface area contributed by atoms with Crippen molar-refractivity contribution in [1.29, 1.82) is 0 Å². The minimum atomic E-state index is -0.194. The van der Waals surface area contributed by atoms with Crippen LogP contribution in [0.15, 0.2) is 30.3 Å². The SMILES string of the molecule is Cc1ccc2cc(C3(CN)CC(O)C3)ccc2n1. The summed E-state index contributed by atoms with van der Waals surface area (Å²) in [5, 5.41) is 10.7. The van der Waals surface area contributed by atoms with Crippen LogP contribution in [0.1, 0.15) is 24.1 Å². The first-order valence-corrected chi connectivity index (χ1v) is 6.39. The molecule has 1 aliphatic carbocycles. The van der Waals surface area contributed by atoms with Gasteiger partial charge in [-0.05, 0) is 43.5 Å². The highest BCUT2D eigenvalue weighted by Gasteiger charge is 2.43. The molecule has 3 heteroatoms. The number of nitrogens with two attached hydrogens (primary N) is 1. The van der Waals surface area contributed by atoms with E-state index in [1.165, 1.54) is 5.56 Å². The van der Waals surface area contributed by atoms with Gasteiger partial charge >= 0.3 is 0 Å². The second-order valence-electron chi connectivity index (χ2n) is 5.41. The summed E-state index contributed by atoms with van der Waals surface area (Å²) in [4.78, 5) is 4.50. The van der Waals surface area contributed by atoms with Crippen molar-refractivity contribution < 1.29 is 5.11 Å². The molecule has 2 aromatic rings. The molecule has 3 nitrogen and oxygen atoms in total. The van der Waals surface area contributed by atoms with E-state index in [1.54, 1.807) is 0 Å². The maximum Gasteiger partial charge on any atom is 0.0705 e. The summed E-state index contributed by atoms with van der Waals surface area (Å²) in [6.45, 7) is 2.59. The highest BCUT2D eigenvalue weighted by atomic mass is 16.3. The molecular formula is C15H18N2O. The first-order chi connectivity index (χ1) is 8.63. The predicted octanol–water partition coefficient (Wildman–Crippen LogP) is 1.89. The summed E-state index contributed by atoms with van der Waals surface area (Å²) >= 11 is 0. The molecule has 3 N–H and O–H groups in total. The van der Waals surface area contributed by atoms with E-state index in [1.807, 2.05) is 13.0 Å². The van der Waals surface area contributed by atoms with Gasteiger partial charge in [-0.15, -0.1) is 0 Å². The van der Waals surface area contributed by atoms with Crippen LogP contribution in [0.2, 0.25) is 0 Å². The number of aromatic nitrogens is 1. The zero-order chi connectivity index (χ0) is 12.8. The first kappa shape index (κ1) is 11.6. The summed E-state index contributed by atoms with van der Waals surface area (Å²) in [6, 6.07) is 10.4. The fourth-order valence-corrected chi connectivity index (χ4v) is 2.92. The maximum atomic E-state index is 9.56. The van der Waals surface area contributed by atoms with Crippen molar-refractivity contribution >= 4 is 10.9 Å². The molecule has 3 rings (SSSR count). The minimum Gasteiger partial charge on any atom is -0.393 e. The number of aliphatic hydroxyl groups excluding tert-OH is 1. The number of aryl methyl sites for hydroxylation is 1. The van der Waals surface area contributed by atoms with Gasteiger partial charge in [0, 0.05) is 23.0 Å². The number of pyridine rings is 1. The first-order valence-electron chi connectivity index (χ1n) is 6.39. The Kier molecular flexibility index (Phi) is 2.61. The van der Waals surface area contributed by atoms with Crippen molar-refractivity contribution in [2.24, 2.45) is 5.73 Å². The average molecular weight is 242 g/mol. The van der Waals surface area contributed by atoms with Gasteiger partial charge in [-0.1, -0.05) is 12.1 Å². The Morgan fingerprint density at radius 2 is 2.11 bits per heavy atom. The lowest BCUT2D eigenvalue weighted by atomic mass is 9.62. The molecule has 0 aliphatic heterocycles. The molecule has 18 heavy (non-hydrogen) atoms. The number of aliphatic hydroxyl groups is 1. The summed E-state index contributed by atoms with van der Waals surface area (Å²) in [5.74, 6) is 0. The van der Waals surface area contributed by atoms with Crippen molar-refractivity contribution in [3.8, 4) is 0 Å². The Balaban J connectivity index is 2.05. The molecule has 94 valence electrons. The monoisotopic (exact) mass is 242 g/mol. The molecule has 1 aliphatic rings. The van der Waals surface area contributed by atoms with E-state index < -0.39 is 0 Å². The van der Waals surface area contributed by atoms with E-state index >= 15 is 0 Å². The van der Waals surface area contributed by atoms with E-state index in [4.69, 9.17) is 5.73 Å². The topological polar surface area (TPSA) is 59.1 Å². The lowest BCUT2D eigenvalue weighted by Crippen LogP contribution is -2.49. The minimum absolute atomic E-state index is 0.0293. The second kappa shape index (κ2) is 4.04. The molecule has 0 unspecified atom stereocenters. The molecular weight excluding hydrogens is 224 g/mol. The molecule has 1 heterocycles. The molecule has 0 saturated heterocycles. The zero-order valence-corrected chi connectivity index (χ0v) is 10.6. The van der Waals surface area contributed by atoms with Crippen molar-refractivity contribution in [2.75, 3.05) is 6.54 Å². The number of rotatable bonds is 2. The van der Waals surface area contributed by atoms with Crippen LogP contribution in [0, 0.1) is 6.92 Å². The van der Waals surface area contributed by atoms with Crippen molar-refractivity contribution in [1.82, 2.24) is 4.98 Å². The third-order valence-electron chi connectivity index (χ3n) is 4.08. The standard InChI is InChI=1S/C15H18N2O/c1-10-2-3-11-6-12(4-5-14(11)17-10)15(9-16)7-13(18)8-15/h2-6,13,18H,7-9,16H2,1H3. The molecule has 0 atom stereocenters. The average Bonchev–Trinajstić information content (AvgIpc) is 2.34. The zero-order valence-electron chi connectivity index (χ0n) is 10.6. The van der Waals surface area contributed by atoms with Crippen LogP contribution in [0.25, 0.3) is 10.9 Å². The number of benzene rings is 1. The van der Waals surface area contributed by atoms with Gasteiger partial charge in [0.1, 0.15) is 0 Å². The molecule has 0 spiro atoms. The molecule has 0 bridgehead atoms. The van der Waals surface area contributed by atoms with Gasteiger partial charge in [0.25, 0.3) is 0 Å². The predicted molar refractivity (Wildman–Crippen MR) is 72.5 cm³/mol. The summed E-state index contributed by atoms with van der Waals surface area (Å²) in [7, 11) is 0. The largest absolute Gasteiger partial charge is 0.393 e. The van der Waals surface area contributed by atoms with Crippen LogP contribution < -0.4 is 5.73 Å². The van der Waals surface area contributed by atoms with Crippen LogP contribution >= 0.6 is 0 Å². The Labute approximate surface area is 107 Å². The van der Waals surface area contributed by atoms with Gasteiger partial charge in [-0.3, -0.25) is 4.98 Å². The molecule has 1 saturated carbocycles. The Bertz CT molecular complexity index is 588. The Morgan fingerprint density at radius 1 is 1.33 bits per heavy atom. The van der Waals surface area contributed by atoms with Gasteiger partial charge in [-0.2, -0.15) is 0 Å². The van der Waals surface area contributed by atoms with Gasteiger partial charge < -0.3 is 10.8 Å². The van der Waals surface area contributed by atoms with Crippen LogP contribution in [-0.4, -0.2) is 22.7 Å². The van der Waals surface area contributed by atoms with Gasteiger partial charge in [0.15, 0.2) is 0 Å². The molecule has 1 aromatic heterocycles. The maximum absolute atomic E-state index is 9.56. The molecule has 0 radical (unpaired) electrons. The quantitative estimate of drug-likeness (QED) is 0.845. The molecule has 1 aromatic carbocycles. The summed E-state index contributed by atoms with van der Waals surface area (Å²) < 4.78 is 0. The highest BCUT2D eigenvalue weighted by molar-refractivity contribution is 5.79. The molecule has 1 fully saturated rings. The van der Waals surface area contributed by atoms with Crippen molar-refractivity contribution in [3.63, 3.8) is 0 Å². The van der Waals surface area contributed by atoms with Crippen LogP contribution in [0.4, 0.5) is 0 Å². The third-order valence-corrected chi connectivity index (χ3v) is 4.08. The van der Waals surface area contributed by atoms with Crippen LogP contribution in [0.5, 0.6) is 0 Å². The van der Waals surface area contributed by atoms with Crippen molar-refractivity contribution in [3.05, 3.63) is 41.6 Å². The second-order valence-corrected chi connectivity index (χ2v) is 5.41.